The summed E-state index contributed by atoms with van der Waals surface area (Å²) in [5.74, 6) is -0.854. The van der Waals surface area contributed by atoms with Crippen LogP contribution in [0.2, 0.25) is 0 Å². The number of carbonyl (C=O) groups excluding carboxylic acids is 1. The molecule has 2 rings (SSSR count). The van der Waals surface area contributed by atoms with Crippen molar-refractivity contribution >= 4 is 11.7 Å². The van der Waals surface area contributed by atoms with Crippen molar-refractivity contribution in [1.82, 2.24) is 4.98 Å². The molecule has 98 valence electrons. The van der Waals surface area contributed by atoms with Gasteiger partial charge in [0.05, 0.1) is 19.0 Å². The van der Waals surface area contributed by atoms with Crippen LogP contribution in [0.25, 0.3) is 0 Å². The number of nitrogens with two attached hydrogens (primary N) is 1. The number of esters is 1. The molecule has 1 heterocycles. The number of carbonyl (C=O) groups is 1. The molecule has 1 aromatic carbocycles. The maximum absolute atomic E-state index is 13.0. The van der Waals surface area contributed by atoms with Gasteiger partial charge in [-0.15, -0.1) is 0 Å². The van der Waals surface area contributed by atoms with E-state index in [-0.39, 0.29) is 17.2 Å². The van der Waals surface area contributed by atoms with Crippen LogP contribution in [0.1, 0.15) is 10.4 Å². The minimum Gasteiger partial charge on any atom is -0.465 e. The molecule has 0 bridgehead atoms. The molecular weight excluding hydrogens is 251 g/mol. The second kappa shape index (κ2) is 5.34. The third-order valence-corrected chi connectivity index (χ3v) is 2.29. The lowest BCUT2D eigenvalue weighted by Gasteiger charge is -2.09. The summed E-state index contributed by atoms with van der Waals surface area (Å²) >= 11 is 0. The Bertz CT molecular complexity index is 617. The Labute approximate surface area is 108 Å². The quantitative estimate of drug-likeness (QED) is 0.859. The monoisotopic (exact) mass is 262 g/mol. The molecule has 19 heavy (non-hydrogen) atoms. The van der Waals surface area contributed by atoms with Gasteiger partial charge in [0.2, 0.25) is 5.88 Å². The molecule has 5 nitrogen and oxygen atoms in total. The van der Waals surface area contributed by atoms with Crippen LogP contribution in [0.15, 0.2) is 36.5 Å². The van der Waals surface area contributed by atoms with Gasteiger partial charge in [0, 0.05) is 6.07 Å². The molecule has 0 aliphatic rings. The van der Waals surface area contributed by atoms with E-state index in [0.717, 1.165) is 0 Å². The van der Waals surface area contributed by atoms with Crippen molar-refractivity contribution in [1.29, 1.82) is 0 Å². The van der Waals surface area contributed by atoms with E-state index in [4.69, 9.17) is 10.5 Å². The molecule has 0 spiro atoms. The Morgan fingerprint density at radius 1 is 1.37 bits per heavy atom. The fourth-order valence-electron chi connectivity index (χ4n) is 1.45. The maximum Gasteiger partial charge on any atom is 0.343 e. The molecular formula is C13H11FN2O3. The van der Waals surface area contributed by atoms with Gasteiger partial charge in [-0.05, 0) is 18.2 Å². The first-order chi connectivity index (χ1) is 9.10. The lowest BCUT2D eigenvalue weighted by molar-refractivity contribution is 0.0597. The minimum absolute atomic E-state index is 0.00616. The molecule has 0 saturated heterocycles. The van der Waals surface area contributed by atoms with Crippen molar-refractivity contribution in [2.75, 3.05) is 12.8 Å². The highest BCUT2D eigenvalue weighted by atomic mass is 19.1. The number of aromatic nitrogens is 1. The zero-order valence-corrected chi connectivity index (χ0v) is 10.1. The average molecular weight is 262 g/mol. The first-order valence-corrected chi connectivity index (χ1v) is 5.37. The number of hydrogen-bond acceptors (Lipinski definition) is 5. The van der Waals surface area contributed by atoms with Gasteiger partial charge in [0.15, 0.2) is 0 Å². The molecule has 0 aliphatic carbocycles. The zero-order valence-electron chi connectivity index (χ0n) is 10.1. The second-order valence-electron chi connectivity index (χ2n) is 3.67. The van der Waals surface area contributed by atoms with Crippen molar-refractivity contribution in [2.24, 2.45) is 0 Å². The van der Waals surface area contributed by atoms with Crippen LogP contribution in [0, 0.1) is 5.82 Å². The Morgan fingerprint density at radius 2 is 2.16 bits per heavy atom. The molecule has 2 N–H and O–H groups in total. The summed E-state index contributed by atoms with van der Waals surface area (Å²) in [7, 11) is 1.23. The topological polar surface area (TPSA) is 74.4 Å². The molecule has 2 aromatic rings. The van der Waals surface area contributed by atoms with E-state index in [0.29, 0.717) is 5.69 Å². The molecule has 0 aliphatic heterocycles. The van der Waals surface area contributed by atoms with E-state index < -0.39 is 11.8 Å². The van der Waals surface area contributed by atoms with Gasteiger partial charge in [-0.3, -0.25) is 0 Å². The normalized spacial score (nSPS) is 10.0. The van der Waals surface area contributed by atoms with E-state index in [2.05, 4.69) is 9.72 Å². The van der Waals surface area contributed by atoms with E-state index in [1.807, 2.05) is 0 Å². The van der Waals surface area contributed by atoms with E-state index in [1.54, 1.807) is 6.07 Å². The predicted molar refractivity (Wildman–Crippen MR) is 66.5 cm³/mol. The summed E-state index contributed by atoms with van der Waals surface area (Å²) in [5.41, 5.74) is 5.93. The smallest absolute Gasteiger partial charge is 0.343 e. The molecule has 0 atom stereocenters. The summed E-state index contributed by atoms with van der Waals surface area (Å²) in [4.78, 5) is 15.5. The zero-order chi connectivity index (χ0) is 13.8. The lowest BCUT2D eigenvalue weighted by Crippen LogP contribution is -2.06. The Balaban J connectivity index is 2.37. The van der Waals surface area contributed by atoms with Gasteiger partial charge in [-0.2, -0.15) is 0 Å². The number of ether oxygens (including phenoxy) is 2. The number of halogens is 1. The average Bonchev–Trinajstić information content (AvgIpc) is 2.40. The Kier molecular flexibility index (Phi) is 3.61. The van der Waals surface area contributed by atoms with Gasteiger partial charge in [0.25, 0.3) is 0 Å². The van der Waals surface area contributed by atoms with Crippen LogP contribution in [-0.4, -0.2) is 18.1 Å². The van der Waals surface area contributed by atoms with Gasteiger partial charge in [0.1, 0.15) is 17.1 Å². The lowest BCUT2D eigenvalue weighted by atomic mass is 10.2. The largest absolute Gasteiger partial charge is 0.465 e. The minimum atomic E-state index is -0.633. The summed E-state index contributed by atoms with van der Waals surface area (Å²) < 4.78 is 23.0. The third-order valence-electron chi connectivity index (χ3n) is 2.29. The molecule has 0 amide bonds. The number of anilines is 1. The predicted octanol–water partition coefficient (Wildman–Crippen LogP) is 2.38. The van der Waals surface area contributed by atoms with Gasteiger partial charge < -0.3 is 15.2 Å². The third kappa shape index (κ3) is 2.98. The number of nitrogens with zero attached hydrogens (tertiary/aromatic N) is 1. The molecule has 6 heteroatoms. The Hall–Kier alpha value is -2.63. The molecule has 1 aromatic heterocycles. The van der Waals surface area contributed by atoms with E-state index in [1.165, 1.54) is 37.6 Å². The van der Waals surface area contributed by atoms with Gasteiger partial charge in [-0.25, -0.2) is 14.2 Å². The van der Waals surface area contributed by atoms with Crippen molar-refractivity contribution in [2.45, 2.75) is 0 Å². The summed E-state index contributed by atoms with van der Waals surface area (Å²) in [6.07, 6.45) is 1.33. The molecule has 0 unspecified atom stereocenters. The summed E-state index contributed by atoms with van der Waals surface area (Å²) in [5, 5.41) is 0. The molecule has 0 saturated carbocycles. The SMILES string of the molecule is COC(=O)c1cc(N)cnc1Oc1cccc(F)c1. The first kappa shape index (κ1) is 12.8. The maximum atomic E-state index is 13.0. The number of nitrogen functional groups attached to an aromatic ring is 1. The van der Waals surface area contributed by atoms with Crippen molar-refractivity contribution in [3.8, 4) is 11.6 Å². The van der Waals surface area contributed by atoms with E-state index in [9.17, 15) is 9.18 Å². The van der Waals surface area contributed by atoms with Crippen LogP contribution in [0.5, 0.6) is 11.6 Å². The standard InChI is InChI=1S/C13H11FN2O3/c1-18-13(17)11-6-9(15)7-16-12(11)19-10-4-2-3-8(14)5-10/h2-7H,15H2,1H3. The van der Waals surface area contributed by atoms with Crippen LogP contribution in [0.3, 0.4) is 0 Å². The van der Waals surface area contributed by atoms with Crippen LogP contribution in [-0.2, 0) is 4.74 Å². The number of methoxy groups -OCH3 is 1. The summed E-state index contributed by atoms with van der Waals surface area (Å²) in [6.45, 7) is 0. The highest BCUT2D eigenvalue weighted by Gasteiger charge is 2.16. The molecule has 0 fully saturated rings. The van der Waals surface area contributed by atoms with Crippen molar-refractivity contribution in [3.63, 3.8) is 0 Å². The fraction of sp³-hybridized carbons (Fsp3) is 0.0769. The Morgan fingerprint density at radius 3 is 2.84 bits per heavy atom. The van der Waals surface area contributed by atoms with Crippen LogP contribution in [0.4, 0.5) is 10.1 Å². The van der Waals surface area contributed by atoms with Crippen LogP contribution >= 0.6 is 0 Å². The molecule has 0 radical (unpaired) electrons. The number of benzene rings is 1. The van der Waals surface area contributed by atoms with Crippen molar-refractivity contribution < 1.29 is 18.7 Å². The first-order valence-electron chi connectivity index (χ1n) is 5.37. The van der Waals surface area contributed by atoms with Gasteiger partial charge >= 0.3 is 5.97 Å². The fourth-order valence-corrected chi connectivity index (χ4v) is 1.45. The van der Waals surface area contributed by atoms with Crippen molar-refractivity contribution in [3.05, 3.63) is 47.9 Å². The van der Waals surface area contributed by atoms with Gasteiger partial charge in [-0.1, -0.05) is 6.07 Å². The highest BCUT2D eigenvalue weighted by Crippen LogP contribution is 2.25. The van der Waals surface area contributed by atoms with E-state index >= 15 is 0 Å². The summed E-state index contributed by atoms with van der Waals surface area (Å²) in [6, 6.07) is 6.87. The number of hydrogen-bond donors (Lipinski definition) is 1. The highest BCUT2D eigenvalue weighted by molar-refractivity contribution is 5.92. The number of rotatable bonds is 3. The van der Waals surface area contributed by atoms with Crippen LogP contribution < -0.4 is 10.5 Å². The second-order valence-corrected chi connectivity index (χ2v) is 3.67. The number of pyridine rings is 1.